The second-order valence-electron chi connectivity index (χ2n) is 3.79. The van der Waals surface area contributed by atoms with Gasteiger partial charge < -0.3 is 10.4 Å². The summed E-state index contributed by atoms with van der Waals surface area (Å²) in [6.07, 6.45) is 2.60. The zero-order chi connectivity index (χ0) is 12.8. The first kappa shape index (κ1) is 13.9. The Morgan fingerprint density at radius 1 is 1.59 bits per heavy atom. The smallest absolute Gasteiger partial charge is 0.345 e. The Morgan fingerprint density at radius 2 is 2.24 bits per heavy atom. The summed E-state index contributed by atoms with van der Waals surface area (Å²) in [5.41, 5.74) is 0. The lowest BCUT2D eigenvalue weighted by Crippen LogP contribution is -2.27. The summed E-state index contributed by atoms with van der Waals surface area (Å²) in [5, 5.41) is 23.7. The fraction of sp³-hybridized carbons (Fsp3) is 0.700. The number of aromatic nitrogens is 1. The van der Waals surface area contributed by atoms with Crippen molar-refractivity contribution in [3.8, 4) is 0 Å². The summed E-state index contributed by atoms with van der Waals surface area (Å²) in [6, 6.07) is 0. The van der Waals surface area contributed by atoms with Crippen LogP contribution in [0.4, 0.5) is 10.1 Å². The number of hydrogen-bond donors (Lipinski definition) is 2. The van der Waals surface area contributed by atoms with Crippen LogP contribution in [0.25, 0.3) is 0 Å². The van der Waals surface area contributed by atoms with Crippen LogP contribution < -0.4 is 5.32 Å². The first-order valence-corrected chi connectivity index (χ1v) is 6.42. The largest absolute Gasteiger partial charge is 0.391 e. The van der Waals surface area contributed by atoms with Gasteiger partial charge in [0.05, 0.1) is 11.0 Å². The first-order chi connectivity index (χ1) is 8.08. The van der Waals surface area contributed by atoms with E-state index in [2.05, 4.69) is 10.3 Å². The van der Waals surface area contributed by atoms with Gasteiger partial charge in [-0.25, -0.2) is 4.98 Å². The maximum Gasteiger partial charge on any atom is 0.345 e. The van der Waals surface area contributed by atoms with Gasteiger partial charge in [0.2, 0.25) is 0 Å². The van der Waals surface area contributed by atoms with E-state index in [1.807, 2.05) is 13.8 Å². The van der Waals surface area contributed by atoms with E-state index in [-0.39, 0.29) is 10.9 Å². The molecule has 0 aliphatic carbocycles. The number of thiazole rings is 1. The van der Waals surface area contributed by atoms with Crippen molar-refractivity contribution in [2.45, 2.75) is 32.8 Å². The number of nitrogens with one attached hydrogen (secondary N) is 1. The van der Waals surface area contributed by atoms with E-state index in [1.54, 1.807) is 0 Å². The summed E-state index contributed by atoms with van der Waals surface area (Å²) in [7, 11) is 0. The Morgan fingerprint density at radius 3 is 2.71 bits per heavy atom. The van der Waals surface area contributed by atoms with Gasteiger partial charge in [0.15, 0.2) is 5.13 Å². The highest BCUT2D eigenvalue weighted by Crippen LogP contribution is 2.25. The molecule has 0 aliphatic rings. The van der Waals surface area contributed by atoms with E-state index in [0.29, 0.717) is 11.7 Å². The van der Waals surface area contributed by atoms with Gasteiger partial charge in [-0.15, -0.1) is 0 Å². The molecule has 7 heteroatoms. The van der Waals surface area contributed by atoms with E-state index >= 15 is 0 Å². The van der Waals surface area contributed by atoms with Gasteiger partial charge in [-0.2, -0.15) is 0 Å². The van der Waals surface area contributed by atoms with E-state index < -0.39 is 11.0 Å². The van der Waals surface area contributed by atoms with Gasteiger partial charge in [-0.05, 0) is 17.3 Å². The molecule has 6 nitrogen and oxygen atoms in total. The van der Waals surface area contributed by atoms with Crippen molar-refractivity contribution in [3.05, 3.63) is 16.3 Å². The maximum atomic E-state index is 10.5. The molecule has 1 aromatic rings. The quantitative estimate of drug-likeness (QED) is 0.579. The zero-order valence-electron chi connectivity index (χ0n) is 9.92. The van der Waals surface area contributed by atoms with Crippen LogP contribution in [0.5, 0.6) is 0 Å². The molecule has 2 N–H and O–H groups in total. The van der Waals surface area contributed by atoms with Gasteiger partial charge >= 0.3 is 5.00 Å². The Labute approximate surface area is 104 Å². The average Bonchev–Trinajstić information content (AvgIpc) is 2.76. The summed E-state index contributed by atoms with van der Waals surface area (Å²) < 4.78 is 0. The molecule has 0 aliphatic heterocycles. The Bertz CT molecular complexity index is 365. The number of aliphatic hydroxyl groups is 1. The van der Waals surface area contributed by atoms with Crippen molar-refractivity contribution in [2.75, 3.05) is 11.9 Å². The molecule has 1 atom stereocenters. The van der Waals surface area contributed by atoms with E-state index in [1.165, 1.54) is 6.20 Å². The van der Waals surface area contributed by atoms with E-state index in [0.717, 1.165) is 24.2 Å². The summed E-state index contributed by atoms with van der Waals surface area (Å²) in [6.45, 7) is 4.44. The minimum absolute atomic E-state index is 0.00419. The number of aliphatic hydroxyl groups excluding tert-OH is 1. The molecule has 0 spiro atoms. The van der Waals surface area contributed by atoms with Crippen LogP contribution in [0.1, 0.15) is 26.7 Å². The van der Waals surface area contributed by atoms with Crippen molar-refractivity contribution < 1.29 is 10.0 Å². The van der Waals surface area contributed by atoms with Crippen molar-refractivity contribution in [1.29, 1.82) is 0 Å². The molecule has 17 heavy (non-hydrogen) atoms. The number of nitrogens with zero attached hydrogens (tertiary/aromatic N) is 2. The number of anilines is 1. The average molecular weight is 259 g/mol. The molecular weight excluding hydrogens is 242 g/mol. The molecule has 1 unspecified atom stereocenters. The van der Waals surface area contributed by atoms with Crippen molar-refractivity contribution in [3.63, 3.8) is 0 Å². The predicted molar refractivity (Wildman–Crippen MR) is 67.3 cm³/mol. The Balaban J connectivity index is 2.46. The Kier molecular flexibility index (Phi) is 5.30. The summed E-state index contributed by atoms with van der Waals surface area (Å²) in [5.74, 6) is 0.248. The molecule has 0 radical (unpaired) electrons. The molecule has 0 saturated heterocycles. The highest BCUT2D eigenvalue weighted by Gasteiger charge is 2.16. The van der Waals surface area contributed by atoms with Crippen LogP contribution in [0.2, 0.25) is 0 Å². The lowest BCUT2D eigenvalue weighted by molar-refractivity contribution is -0.380. The van der Waals surface area contributed by atoms with Crippen LogP contribution in [-0.4, -0.2) is 27.7 Å². The predicted octanol–water partition coefficient (Wildman–Crippen LogP) is 2.26. The summed E-state index contributed by atoms with van der Waals surface area (Å²) in [4.78, 5) is 13.9. The van der Waals surface area contributed by atoms with Crippen molar-refractivity contribution in [2.24, 2.45) is 5.92 Å². The Hall–Kier alpha value is -1.21. The zero-order valence-corrected chi connectivity index (χ0v) is 10.7. The molecule has 96 valence electrons. The third kappa shape index (κ3) is 3.94. The van der Waals surface area contributed by atoms with Crippen LogP contribution in [-0.2, 0) is 0 Å². The minimum Gasteiger partial charge on any atom is -0.391 e. The SMILES string of the molecule is CCC(CC)C(O)CNc1ncc([N+](=O)[O-])s1. The van der Waals surface area contributed by atoms with Crippen LogP contribution in [0.15, 0.2) is 6.20 Å². The van der Waals surface area contributed by atoms with Gasteiger partial charge in [0, 0.05) is 6.54 Å². The lowest BCUT2D eigenvalue weighted by atomic mass is 9.97. The van der Waals surface area contributed by atoms with E-state index in [9.17, 15) is 15.2 Å². The molecule has 1 heterocycles. The molecule has 0 aromatic carbocycles. The van der Waals surface area contributed by atoms with Gasteiger partial charge in [0.25, 0.3) is 0 Å². The third-order valence-electron chi connectivity index (χ3n) is 2.73. The molecular formula is C10H17N3O3S. The first-order valence-electron chi connectivity index (χ1n) is 5.60. The van der Waals surface area contributed by atoms with Crippen molar-refractivity contribution >= 4 is 21.5 Å². The number of hydrogen-bond acceptors (Lipinski definition) is 6. The molecule has 1 aromatic heterocycles. The number of rotatable bonds is 7. The highest BCUT2D eigenvalue weighted by molar-refractivity contribution is 7.18. The second-order valence-corrected chi connectivity index (χ2v) is 4.79. The van der Waals surface area contributed by atoms with Gasteiger partial charge in [-0.3, -0.25) is 10.1 Å². The fourth-order valence-corrected chi connectivity index (χ4v) is 2.26. The lowest BCUT2D eigenvalue weighted by Gasteiger charge is -2.19. The van der Waals surface area contributed by atoms with Gasteiger partial charge in [-0.1, -0.05) is 26.7 Å². The van der Waals surface area contributed by atoms with Crippen LogP contribution >= 0.6 is 11.3 Å². The van der Waals surface area contributed by atoms with Crippen LogP contribution in [0.3, 0.4) is 0 Å². The van der Waals surface area contributed by atoms with Crippen molar-refractivity contribution in [1.82, 2.24) is 4.98 Å². The van der Waals surface area contributed by atoms with E-state index in [4.69, 9.17) is 0 Å². The van der Waals surface area contributed by atoms with Crippen LogP contribution in [0, 0.1) is 16.0 Å². The topological polar surface area (TPSA) is 88.3 Å². The molecule has 0 saturated carbocycles. The maximum absolute atomic E-state index is 10.5. The molecule has 0 amide bonds. The highest BCUT2D eigenvalue weighted by atomic mass is 32.1. The molecule has 0 fully saturated rings. The third-order valence-corrected chi connectivity index (χ3v) is 3.64. The molecule has 1 rings (SSSR count). The standard InChI is InChI=1S/C10H17N3O3S/c1-3-7(4-2)8(14)5-11-10-12-6-9(17-10)13(15)16/h6-8,14H,3-5H2,1-2H3,(H,11,12). The summed E-state index contributed by atoms with van der Waals surface area (Å²) >= 11 is 0.977. The minimum atomic E-state index is -0.472. The monoisotopic (exact) mass is 259 g/mol. The molecule has 0 bridgehead atoms. The van der Waals surface area contributed by atoms with Gasteiger partial charge in [0.1, 0.15) is 6.20 Å². The normalized spacial score (nSPS) is 12.7. The number of nitro groups is 1. The second kappa shape index (κ2) is 6.51. The fourth-order valence-electron chi connectivity index (χ4n) is 1.62.